The molecule has 0 amide bonds. The van der Waals surface area contributed by atoms with Gasteiger partial charge in [-0.2, -0.15) is 0 Å². The van der Waals surface area contributed by atoms with Crippen molar-refractivity contribution >= 4 is 23.6 Å². The molecule has 0 radical (unpaired) electrons. The Morgan fingerprint density at radius 1 is 1.15 bits per heavy atom. The minimum absolute atomic E-state index is 0.0319. The van der Waals surface area contributed by atoms with E-state index in [2.05, 4.69) is 14.9 Å². The van der Waals surface area contributed by atoms with Crippen LogP contribution in [0.5, 0.6) is 0 Å². The second kappa shape index (κ2) is 12.2. The quantitative estimate of drug-likeness (QED) is 0.155. The predicted molar refractivity (Wildman–Crippen MR) is 153 cm³/mol. The first-order valence-corrected chi connectivity index (χ1v) is 12.8. The van der Waals surface area contributed by atoms with Crippen LogP contribution in [-0.4, -0.2) is 53.2 Å². The highest BCUT2D eigenvalue weighted by Gasteiger charge is 2.30. The van der Waals surface area contributed by atoms with Gasteiger partial charge in [0.15, 0.2) is 5.88 Å². The number of nitrogens with two attached hydrogens (primary N) is 2. The number of allylic oxidation sites excluding steroid dienone is 5. The third-order valence-corrected chi connectivity index (χ3v) is 5.89. The third kappa shape index (κ3) is 8.46. The number of amidine groups is 2. The fourth-order valence-corrected chi connectivity index (χ4v) is 3.69. The van der Waals surface area contributed by atoms with Crippen molar-refractivity contribution in [1.29, 1.82) is 10.8 Å². The zero-order chi connectivity index (χ0) is 28.9. The van der Waals surface area contributed by atoms with Gasteiger partial charge in [-0.15, -0.1) is 0 Å². The summed E-state index contributed by atoms with van der Waals surface area (Å²) in [6, 6.07) is 2.87. The molecule has 0 bridgehead atoms. The van der Waals surface area contributed by atoms with Gasteiger partial charge in [0, 0.05) is 53.7 Å². The molecule has 0 saturated carbocycles. The Morgan fingerprint density at radius 2 is 1.85 bits per heavy atom. The number of nitrogens with zero attached hydrogens (tertiary/aromatic N) is 3. The molecule has 10 heteroatoms. The highest BCUT2D eigenvalue weighted by Crippen LogP contribution is 2.30. The van der Waals surface area contributed by atoms with Gasteiger partial charge in [-0.1, -0.05) is 13.8 Å². The Kier molecular flexibility index (Phi) is 9.21. The van der Waals surface area contributed by atoms with Crippen LogP contribution in [0.2, 0.25) is 0 Å². The molecule has 208 valence electrons. The number of halogens is 2. The summed E-state index contributed by atoms with van der Waals surface area (Å²) in [6.07, 6.45) is 8.93. The van der Waals surface area contributed by atoms with Gasteiger partial charge in [0.25, 0.3) is 0 Å². The van der Waals surface area contributed by atoms with Crippen LogP contribution in [0, 0.1) is 28.4 Å². The highest BCUT2D eigenvalue weighted by atomic mass is 19.1. The number of benzene rings is 1. The van der Waals surface area contributed by atoms with Gasteiger partial charge in [0.2, 0.25) is 0 Å². The lowest BCUT2D eigenvalue weighted by molar-refractivity contribution is 0.00671. The molecule has 1 aromatic rings. The maximum Gasteiger partial charge on any atom is 0.197 e. The largest absolute Gasteiger partial charge is 0.473 e. The molecule has 1 aromatic carbocycles. The van der Waals surface area contributed by atoms with E-state index in [0.717, 1.165) is 36.6 Å². The summed E-state index contributed by atoms with van der Waals surface area (Å²) < 4.78 is 34.2. The van der Waals surface area contributed by atoms with Crippen molar-refractivity contribution in [2.24, 2.45) is 27.4 Å². The number of aliphatic imine (C=N–C) groups is 2. The maximum absolute atomic E-state index is 14.6. The van der Waals surface area contributed by atoms with E-state index in [9.17, 15) is 8.78 Å². The topological polar surface area (TPSA) is 137 Å². The summed E-state index contributed by atoms with van der Waals surface area (Å²) >= 11 is 0. The molecular weight excluding hydrogens is 500 g/mol. The van der Waals surface area contributed by atoms with Crippen molar-refractivity contribution in [2.75, 3.05) is 13.1 Å². The van der Waals surface area contributed by atoms with Crippen LogP contribution in [0.15, 0.2) is 75.2 Å². The van der Waals surface area contributed by atoms with Crippen LogP contribution in [0.4, 0.5) is 8.78 Å². The normalized spacial score (nSPS) is 18.4. The molecule has 1 aliphatic carbocycles. The second-order valence-electron chi connectivity index (χ2n) is 10.8. The number of rotatable bonds is 9. The number of ether oxygens (including phenoxy) is 1. The van der Waals surface area contributed by atoms with Gasteiger partial charge in [0.1, 0.15) is 28.9 Å². The molecule has 0 spiro atoms. The third-order valence-electron chi connectivity index (χ3n) is 5.89. The van der Waals surface area contributed by atoms with Gasteiger partial charge >= 0.3 is 0 Å². The minimum Gasteiger partial charge on any atom is -0.473 e. The van der Waals surface area contributed by atoms with E-state index in [1.54, 1.807) is 0 Å². The molecule has 3 rings (SSSR count). The van der Waals surface area contributed by atoms with Crippen LogP contribution in [0.3, 0.4) is 0 Å². The standard InChI is InChI=1S/C29H37F2N7O/c1-17(2)27(35)37-25(33)11-10-24(32)22(26(34)21-9-8-19(30)14-23(21)31)15-36-20-12-13-38(16-20)28(18-6-7-18)39-29(3,4)5/h6-11,14-15,17,20,34H,12-13,16,32H2,1-5H3,(H3,33,35,37)/b11-10-,24-22+,34-26?,36-15?. The lowest BCUT2D eigenvalue weighted by atomic mass is 10.0. The Balaban J connectivity index is 1.87. The van der Waals surface area contributed by atoms with Crippen molar-refractivity contribution < 1.29 is 13.5 Å². The first-order chi connectivity index (χ1) is 18.2. The summed E-state index contributed by atoms with van der Waals surface area (Å²) in [4.78, 5) is 10.8. The summed E-state index contributed by atoms with van der Waals surface area (Å²) in [5.41, 5.74) is 12.7. The molecule has 1 unspecified atom stereocenters. The molecule has 6 N–H and O–H groups in total. The lowest BCUT2D eigenvalue weighted by Gasteiger charge is -2.29. The van der Waals surface area contributed by atoms with Gasteiger partial charge in [-0.05, 0) is 63.6 Å². The van der Waals surface area contributed by atoms with Gasteiger partial charge in [-0.3, -0.25) is 15.8 Å². The van der Waals surface area contributed by atoms with Crippen molar-refractivity contribution in [3.63, 3.8) is 0 Å². The smallest absolute Gasteiger partial charge is 0.197 e. The molecule has 8 nitrogen and oxygen atoms in total. The molecule has 2 aliphatic rings. The second-order valence-corrected chi connectivity index (χ2v) is 10.8. The first-order valence-electron chi connectivity index (χ1n) is 12.8. The number of hydrogen-bond donors (Lipinski definition) is 4. The van der Waals surface area contributed by atoms with E-state index in [4.69, 9.17) is 27.0 Å². The van der Waals surface area contributed by atoms with Crippen LogP contribution in [-0.2, 0) is 4.74 Å². The highest BCUT2D eigenvalue weighted by molar-refractivity contribution is 6.23. The summed E-state index contributed by atoms with van der Waals surface area (Å²) in [7, 11) is 0. The summed E-state index contributed by atoms with van der Waals surface area (Å²) in [5.74, 6) is -0.672. The van der Waals surface area contributed by atoms with E-state index >= 15 is 0 Å². The first kappa shape index (κ1) is 29.5. The van der Waals surface area contributed by atoms with Crippen LogP contribution >= 0.6 is 0 Å². The molecular formula is C29H37F2N7O. The zero-order valence-electron chi connectivity index (χ0n) is 23.1. The average molecular weight is 538 g/mol. The Hall–Kier alpha value is -4.08. The van der Waals surface area contributed by atoms with E-state index in [-0.39, 0.29) is 45.9 Å². The molecule has 0 aromatic heterocycles. The van der Waals surface area contributed by atoms with Gasteiger partial charge in [-0.25, -0.2) is 13.8 Å². The zero-order valence-corrected chi connectivity index (χ0v) is 23.1. The minimum atomic E-state index is -0.885. The summed E-state index contributed by atoms with van der Waals surface area (Å²) in [6.45, 7) is 11.0. The Bertz CT molecular complexity index is 1310. The van der Waals surface area contributed by atoms with Crippen molar-refractivity contribution in [2.45, 2.75) is 52.7 Å². The van der Waals surface area contributed by atoms with E-state index in [1.807, 2.05) is 46.8 Å². The average Bonchev–Trinajstić information content (AvgIpc) is 3.58. The van der Waals surface area contributed by atoms with Crippen molar-refractivity contribution in [3.8, 4) is 0 Å². The summed E-state index contributed by atoms with van der Waals surface area (Å²) in [5, 5.41) is 16.7. The number of nitrogens with one attached hydrogen (secondary N) is 2. The number of likely N-dealkylation sites (tertiary alicyclic amines) is 1. The van der Waals surface area contributed by atoms with Crippen LogP contribution in [0.1, 0.15) is 46.6 Å². The SMILES string of the molecule is CC(C)C(N)=NC(=N)/C=C\C(N)=C(\C=NC1CCN(C(OC(C)(C)C)=C2C=C2)C1)C(=N)c1ccc(F)cc1F. The molecule has 1 fully saturated rings. The fourth-order valence-electron chi connectivity index (χ4n) is 3.69. The molecule has 1 saturated heterocycles. The van der Waals surface area contributed by atoms with Crippen LogP contribution < -0.4 is 11.5 Å². The Morgan fingerprint density at radius 3 is 2.44 bits per heavy atom. The molecule has 1 aliphatic heterocycles. The van der Waals surface area contributed by atoms with Gasteiger partial charge < -0.3 is 21.1 Å². The fraction of sp³-hybridized carbons (Fsp3) is 0.379. The van der Waals surface area contributed by atoms with E-state index in [1.165, 1.54) is 24.4 Å². The molecule has 1 heterocycles. The predicted octanol–water partition coefficient (Wildman–Crippen LogP) is 4.83. The lowest BCUT2D eigenvalue weighted by Crippen LogP contribution is -2.29. The Labute approximate surface area is 228 Å². The van der Waals surface area contributed by atoms with E-state index in [0.29, 0.717) is 12.4 Å². The van der Waals surface area contributed by atoms with Gasteiger partial charge in [0.05, 0.1) is 11.8 Å². The van der Waals surface area contributed by atoms with E-state index < -0.39 is 11.6 Å². The van der Waals surface area contributed by atoms with Crippen molar-refractivity contribution in [3.05, 3.63) is 82.4 Å². The van der Waals surface area contributed by atoms with Crippen LogP contribution in [0.25, 0.3) is 0 Å². The number of hydrogen-bond acceptors (Lipinski definition) is 6. The molecule has 39 heavy (non-hydrogen) atoms. The monoisotopic (exact) mass is 537 g/mol. The molecule has 1 atom stereocenters. The maximum atomic E-state index is 14.6. The van der Waals surface area contributed by atoms with Crippen molar-refractivity contribution in [1.82, 2.24) is 4.90 Å².